The van der Waals surface area contributed by atoms with E-state index < -0.39 is 9.84 Å². The van der Waals surface area contributed by atoms with Crippen molar-refractivity contribution in [3.8, 4) is 0 Å². The molecule has 0 N–H and O–H groups in total. The fourth-order valence-corrected chi connectivity index (χ4v) is 1.77. The van der Waals surface area contributed by atoms with Crippen LogP contribution in [0.4, 0.5) is 0 Å². The van der Waals surface area contributed by atoms with Crippen LogP contribution in [0.5, 0.6) is 0 Å². The first-order valence-electron chi connectivity index (χ1n) is 3.66. The molecule has 0 atom stereocenters. The molecule has 3 nitrogen and oxygen atoms in total. The van der Waals surface area contributed by atoms with Crippen molar-refractivity contribution in [2.24, 2.45) is 0 Å². The lowest BCUT2D eigenvalue weighted by Gasteiger charge is -1.96. The predicted octanol–water partition coefficient (Wildman–Crippen LogP) is 1.58. The van der Waals surface area contributed by atoms with Crippen LogP contribution in [-0.4, -0.2) is 15.5 Å². The number of hydrogen-bond donors (Lipinski definition) is 0. The zero-order valence-corrected chi connectivity index (χ0v) is 7.99. The Morgan fingerprint density at radius 3 is 2.38 bits per heavy atom. The Bertz CT molecular complexity index is 379. The maximum atomic E-state index is 11.4. The smallest absolute Gasteiger partial charge is 0.202 e. The molecule has 0 aliphatic rings. The van der Waals surface area contributed by atoms with Crippen LogP contribution in [0.3, 0.4) is 0 Å². The first-order chi connectivity index (χ1) is 6.17. The summed E-state index contributed by atoms with van der Waals surface area (Å²) in [5.74, 6) is 0. The van der Waals surface area contributed by atoms with Crippen molar-refractivity contribution < 1.29 is 13.2 Å². The molecular weight excluding hydrogens is 188 g/mol. The van der Waals surface area contributed by atoms with Gasteiger partial charge >= 0.3 is 0 Å². The molecule has 1 rings (SSSR count). The topological polar surface area (TPSA) is 43.4 Å². The summed E-state index contributed by atoms with van der Waals surface area (Å²) in [4.78, 5) is 0.267. The highest BCUT2D eigenvalue weighted by molar-refractivity contribution is 7.94. The molecule has 0 aliphatic heterocycles. The second-order valence-electron chi connectivity index (χ2n) is 2.37. The van der Waals surface area contributed by atoms with E-state index in [0.717, 1.165) is 11.7 Å². The van der Waals surface area contributed by atoms with Gasteiger partial charge in [0.15, 0.2) is 0 Å². The number of ether oxygens (including phenoxy) is 1. The maximum absolute atomic E-state index is 11.4. The van der Waals surface area contributed by atoms with Crippen LogP contribution >= 0.6 is 0 Å². The maximum Gasteiger partial charge on any atom is 0.202 e. The van der Waals surface area contributed by atoms with Gasteiger partial charge in [0.25, 0.3) is 0 Å². The van der Waals surface area contributed by atoms with E-state index in [-0.39, 0.29) is 4.90 Å². The Hall–Kier alpha value is -1.29. The molecule has 1 aromatic carbocycles. The highest BCUT2D eigenvalue weighted by Gasteiger charge is 2.08. The van der Waals surface area contributed by atoms with Crippen LogP contribution in [0.15, 0.2) is 46.9 Å². The number of rotatable bonds is 3. The van der Waals surface area contributed by atoms with Crippen LogP contribution < -0.4 is 0 Å². The number of methoxy groups -OCH3 is 1. The predicted molar refractivity (Wildman–Crippen MR) is 49.8 cm³/mol. The highest BCUT2D eigenvalue weighted by atomic mass is 32.2. The monoisotopic (exact) mass is 198 g/mol. The van der Waals surface area contributed by atoms with Gasteiger partial charge in [-0.3, -0.25) is 0 Å². The Kier molecular flexibility index (Phi) is 3.08. The molecule has 70 valence electrons. The molecule has 0 aromatic heterocycles. The van der Waals surface area contributed by atoms with Gasteiger partial charge in [0.1, 0.15) is 0 Å². The van der Waals surface area contributed by atoms with Crippen molar-refractivity contribution in [1.29, 1.82) is 0 Å². The van der Waals surface area contributed by atoms with Crippen molar-refractivity contribution in [3.05, 3.63) is 42.0 Å². The summed E-state index contributed by atoms with van der Waals surface area (Å²) in [6.07, 6.45) is 1.14. The van der Waals surface area contributed by atoms with Crippen LogP contribution in [0.1, 0.15) is 0 Å². The Balaban J connectivity index is 3.02. The van der Waals surface area contributed by atoms with Crippen molar-refractivity contribution in [3.63, 3.8) is 0 Å². The van der Waals surface area contributed by atoms with Crippen LogP contribution in [0, 0.1) is 0 Å². The standard InChI is InChI=1S/C9H10O3S/c1-12-7-8-13(10,11)9-5-3-2-4-6-9/h2-8H,1H3/b8-7+. The van der Waals surface area contributed by atoms with Gasteiger partial charge in [-0.1, -0.05) is 18.2 Å². The summed E-state index contributed by atoms with van der Waals surface area (Å²) in [5.41, 5.74) is 0. The fraction of sp³-hybridized carbons (Fsp3) is 0.111. The summed E-state index contributed by atoms with van der Waals surface area (Å²) in [7, 11) is -1.93. The minimum absolute atomic E-state index is 0.267. The van der Waals surface area contributed by atoms with E-state index in [0.29, 0.717) is 0 Å². The van der Waals surface area contributed by atoms with E-state index in [1.807, 2.05) is 0 Å². The molecule has 0 fully saturated rings. The lowest BCUT2D eigenvalue weighted by Crippen LogP contribution is -1.95. The molecule has 0 amide bonds. The molecular formula is C9H10O3S. The van der Waals surface area contributed by atoms with E-state index in [1.54, 1.807) is 18.2 Å². The largest absolute Gasteiger partial charge is 0.504 e. The van der Waals surface area contributed by atoms with E-state index in [2.05, 4.69) is 4.74 Å². The molecule has 0 radical (unpaired) electrons. The summed E-state index contributed by atoms with van der Waals surface area (Å²) in [5, 5.41) is 1.03. The number of hydrogen-bond acceptors (Lipinski definition) is 3. The average molecular weight is 198 g/mol. The Morgan fingerprint density at radius 2 is 1.85 bits per heavy atom. The van der Waals surface area contributed by atoms with E-state index in [9.17, 15) is 8.42 Å². The third-order valence-electron chi connectivity index (χ3n) is 1.44. The van der Waals surface area contributed by atoms with Crippen LogP contribution in [0.2, 0.25) is 0 Å². The third kappa shape index (κ3) is 2.59. The zero-order valence-electron chi connectivity index (χ0n) is 7.17. The second kappa shape index (κ2) is 4.09. The van der Waals surface area contributed by atoms with Crippen molar-refractivity contribution in [2.45, 2.75) is 4.90 Å². The number of sulfone groups is 1. The first-order valence-corrected chi connectivity index (χ1v) is 5.21. The molecule has 0 heterocycles. The third-order valence-corrected chi connectivity index (χ3v) is 2.84. The second-order valence-corrected chi connectivity index (χ2v) is 4.20. The molecule has 0 bridgehead atoms. The Labute approximate surface area is 77.6 Å². The summed E-state index contributed by atoms with van der Waals surface area (Å²) in [6, 6.07) is 8.19. The highest BCUT2D eigenvalue weighted by Crippen LogP contribution is 2.10. The molecule has 13 heavy (non-hydrogen) atoms. The van der Waals surface area contributed by atoms with E-state index in [4.69, 9.17) is 0 Å². The molecule has 0 spiro atoms. The van der Waals surface area contributed by atoms with E-state index >= 15 is 0 Å². The van der Waals surface area contributed by atoms with Crippen molar-refractivity contribution in [2.75, 3.05) is 7.11 Å². The summed E-state index contributed by atoms with van der Waals surface area (Å²) >= 11 is 0. The van der Waals surface area contributed by atoms with Gasteiger partial charge in [0, 0.05) is 0 Å². The molecule has 0 aliphatic carbocycles. The minimum atomic E-state index is -3.33. The molecule has 4 heteroatoms. The van der Waals surface area contributed by atoms with Gasteiger partial charge in [-0.25, -0.2) is 8.42 Å². The van der Waals surface area contributed by atoms with Crippen molar-refractivity contribution >= 4 is 9.84 Å². The summed E-state index contributed by atoms with van der Waals surface area (Å²) < 4.78 is 27.4. The van der Waals surface area contributed by atoms with Gasteiger partial charge in [-0.15, -0.1) is 0 Å². The van der Waals surface area contributed by atoms with Crippen LogP contribution in [-0.2, 0) is 14.6 Å². The quantitative estimate of drug-likeness (QED) is 0.692. The lowest BCUT2D eigenvalue weighted by atomic mass is 10.4. The minimum Gasteiger partial charge on any atom is -0.504 e. The normalized spacial score (nSPS) is 11.8. The Morgan fingerprint density at radius 1 is 1.23 bits per heavy atom. The lowest BCUT2D eigenvalue weighted by molar-refractivity contribution is 0.338. The molecule has 0 saturated carbocycles. The molecule has 1 aromatic rings. The first kappa shape index (κ1) is 9.80. The van der Waals surface area contributed by atoms with Crippen LogP contribution in [0.25, 0.3) is 0 Å². The SMILES string of the molecule is CO/C=C/S(=O)(=O)c1ccccc1. The summed E-state index contributed by atoms with van der Waals surface area (Å²) in [6.45, 7) is 0. The fourth-order valence-electron chi connectivity index (χ4n) is 0.817. The van der Waals surface area contributed by atoms with E-state index in [1.165, 1.54) is 19.2 Å². The van der Waals surface area contributed by atoms with Gasteiger partial charge in [-0.2, -0.15) is 0 Å². The van der Waals surface area contributed by atoms with Gasteiger partial charge in [-0.05, 0) is 12.1 Å². The van der Waals surface area contributed by atoms with Gasteiger partial charge in [0.2, 0.25) is 9.84 Å². The average Bonchev–Trinajstić information content (AvgIpc) is 2.16. The molecule has 0 saturated heterocycles. The van der Waals surface area contributed by atoms with Crippen molar-refractivity contribution in [1.82, 2.24) is 0 Å². The van der Waals surface area contributed by atoms with Gasteiger partial charge < -0.3 is 4.74 Å². The number of benzene rings is 1. The molecule has 0 unspecified atom stereocenters. The zero-order chi connectivity index (χ0) is 9.73. The van der Waals surface area contributed by atoms with Gasteiger partial charge in [0.05, 0.1) is 23.7 Å².